The summed E-state index contributed by atoms with van der Waals surface area (Å²) in [6, 6.07) is 22.9. The van der Waals surface area contributed by atoms with Crippen molar-refractivity contribution in [2.75, 3.05) is 0 Å². The fourth-order valence-electron chi connectivity index (χ4n) is 1.88. The molecule has 0 saturated heterocycles. The number of ether oxygens (including phenoxy) is 2. The summed E-state index contributed by atoms with van der Waals surface area (Å²) in [6.45, 7) is 0.857. The maximum absolute atomic E-state index is 5.60. The first-order valence-corrected chi connectivity index (χ1v) is 6.98. The van der Waals surface area contributed by atoms with E-state index >= 15 is 0 Å². The fourth-order valence-corrected chi connectivity index (χ4v) is 1.88. The van der Waals surface area contributed by atoms with Crippen LogP contribution in [0.2, 0.25) is 0 Å². The molecule has 3 rings (SSSR count). The van der Waals surface area contributed by atoms with Crippen LogP contribution in [0, 0.1) is 6.07 Å². The van der Waals surface area contributed by atoms with Crippen LogP contribution in [0.15, 0.2) is 66.9 Å². The van der Waals surface area contributed by atoms with Crippen molar-refractivity contribution in [3.63, 3.8) is 0 Å². The van der Waals surface area contributed by atoms with Gasteiger partial charge in [-0.3, -0.25) is 0 Å². The summed E-state index contributed by atoms with van der Waals surface area (Å²) in [6.07, 6.45) is 1.51. The van der Waals surface area contributed by atoms with Gasteiger partial charge in [-0.25, -0.2) is 4.98 Å². The average molecular weight is 291 g/mol. The second kappa shape index (κ2) is 7.22. The van der Waals surface area contributed by atoms with E-state index in [-0.39, 0.29) is 6.01 Å². The van der Waals surface area contributed by atoms with Gasteiger partial charge in [0, 0.05) is 6.20 Å². The Balaban J connectivity index is 1.58. The zero-order chi connectivity index (χ0) is 15.0. The van der Waals surface area contributed by atoms with Crippen molar-refractivity contribution in [2.24, 2.45) is 0 Å². The van der Waals surface area contributed by atoms with Gasteiger partial charge in [-0.15, -0.1) is 0 Å². The van der Waals surface area contributed by atoms with Gasteiger partial charge in [0.1, 0.15) is 13.2 Å². The van der Waals surface area contributed by atoms with Gasteiger partial charge in [0.05, 0.1) is 6.07 Å². The van der Waals surface area contributed by atoms with Crippen LogP contribution in [0.3, 0.4) is 0 Å². The first-order valence-electron chi connectivity index (χ1n) is 6.98. The SMILES string of the molecule is [c]1cnc(OCc2ccccc2)nc1OCc1ccccc1. The molecule has 22 heavy (non-hydrogen) atoms. The van der Waals surface area contributed by atoms with Gasteiger partial charge in [0.2, 0.25) is 5.88 Å². The smallest absolute Gasteiger partial charge is 0.320 e. The number of hydrogen-bond acceptors (Lipinski definition) is 4. The summed E-state index contributed by atoms with van der Waals surface area (Å²) in [5.41, 5.74) is 2.13. The van der Waals surface area contributed by atoms with Crippen LogP contribution in [-0.2, 0) is 13.2 Å². The van der Waals surface area contributed by atoms with E-state index in [2.05, 4.69) is 16.0 Å². The molecule has 4 nitrogen and oxygen atoms in total. The van der Waals surface area contributed by atoms with Gasteiger partial charge in [-0.05, 0) is 11.1 Å². The quantitative estimate of drug-likeness (QED) is 0.698. The predicted molar refractivity (Wildman–Crippen MR) is 82.4 cm³/mol. The van der Waals surface area contributed by atoms with E-state index in [1.165, 1.54) is 6.20 Å². The highest BCUT2D eigenvalue weighted by Gasteiger charge is 2.03. The largest absolute Gasteiger partial charge is 0.472 e. The fraction of sp³-hybridized carbons (Fsp3) is 0.111. The number of hydrogen-bond donors (Lipinski definition) is 0. The van der Waals surface area contributed by atoms with Gasteiger partial charge in [0.25, 0.3) is 0 Å². The van der Waals surface area contributed by atoms with Crippen molar-refractivity contribution in [3.8, 4) is 11.9 Å². The summed E-state index contributed by atoms with van der Waals surface area (Å²) in [5, 5.41) is 0. The Hall–Kier alpha value is -2.88. The zero-order valence-corrected chi connectivity index (χ0v) is 12.0. The standard InChI is InChI=1S/C18H15N2O2/c1-3-7-15(8-4-1)13-21-17-11-12-19-18(20-17)22-14-16-9-5-2-6-10-16/h1-10,12H,13-14H2. The molecule has 0 amide bonds. The van der Waals surface area contributed by atoms with E-state index in [4.69, 9.17) is 9.47 Å². The number of benzene rings is 2. The third kappa shape index (κ3) is 4.06. The molecule has 3 aromatic rings. The first kappa shape index (κ1) is 14.1. The minimum Gasteiger partial charge on any atom is -0.472 e. The van der Waals surface area contributed by atoms with Gasteiger partial charge < -0.3 is 9.47 Å². The highest BCUT2D eigenvalue weighted by molar-refractivity contribution is 5.17. The Bertz CT molecular complexity index is 644. The molecule has 0 unspecified atom stereocenters. The van der Waals surface area contributed by atoms with Gasteiger partial charge in [0.15, 0.2) is 0 Å². The first-order chi connectivity index (χ1) is 10.9. The molecule has 109 valence electrons. The molecule has 0 fully saturated rings. The predicted octanol–water partition coefficient (Wildman–Crippen LogP) is 3.43. The summed E-state index contributed by atoms with van der Waals surface area (Å²) < 4.78 is 11.2. The second-order valence-electron chi connectivity index (χ2n) is 4.65. The van der Waals surface area contributed by atoms with Crippen LogP contribution < -0.4 is 9.47 Å². The molecule has 4 heteroatoms. The van der Waals surface area contributed by atoms with Crippen LogP contribution in [0.5, 0.6) is 11.9 Å². The Morgan fingerprint density at radius 2 is 1.36 bits per heavy atom. The lowest BCUT2D eigenvalue weighted by molar-refractivity contribution is 0.258. The lowest BCUT2D eigenvalue weighted by Gasteiger charge is -2.07. The molecule has 2 aromatic carbocycles. The number of aromatic nitrogens is 2. The molecule has 0 aliphatic rings. The lowest BCUT2D eigenvalue weighted by Crippen LogP contribution is -2.02. The summed E-state index contributed by atoms with van der Waals surface area (Å²) in [4.78, 5) is 8.23. The highest BCUT2D eigenvalue weighted by atomic mass is 16.5. The molecule has 0 spiro atoms. The zero-order valence-electron chi connectivity index (χ0n) is 12.0. The van der Waals surface area contributed by atoms with Gasteiger partial charge in [-0.1, -0.05) is 60.7 Å². The van der Waals surface area contributed by atoms with Crippen molar-refractivity contribution in [2.45, 2.75) is 13.2 Å². The second-order valence-corrected chi connectivity index (χ2v) is 4.65. The molecular formula is C18H15N2O2. The summed E-state index contributed by atoms with van der Waals surface area (Å²) in [5.74, 6) is 0.377. The molecule has 0 bridgehead atoms. The van der Waals surface area contributed by atoms with E-state index in [1.807, 2.05) is 60.7 Å². The molecule has 0 aliphatic carbocycles. The van der Waals surface area contributed by atoms with Crippen molar-refractivity contribution < 1.29 is 9.47 Å². The van der Waals surface area contributed by atoms with E-state index in [0.717, 1.165) is 11.1 Å². The molecule has 0 saturated carbocycles. The molecule has 1 radical (unpaired) electrons. The Labute approximate surface area is 129 Å². The van der Waals surface area contributed by atoms with Crippen LogP contribution in [0.25, 0.3) is 0 Å². The minimum atomic E-state index is 0.283. The van der Waals surface area contributed by atoms with Crippen molar-refractivity contribution in [1.29, 1.82) is 0 Å². The van der Waals surface area contributed by atoms with Gasteiger partial charge in [-0.2, -0.15) is 4.98 Å². The maximum atomic E-state index is 5.60. The third-order valence-corrected chi connectivity index (χ3v) is 2.99. The Morgan fingerprint density at radius 3 is 2.00 bits per heavy atom. The van der Waals surface area contributed by atoms with Crippen LogP contribution >= 0.6 is 0 Å². The Kier molecular flexibility index (Phi) is 4.62. The van der Waals surface area contributed by atoms with Crippen molar-refractivity contribution in [1.82, 2.24) is 9.97 Å². The van der Waals surface area contributed by atoms with Crippen molar-refractivity contribution >= 4 is 0 Å². The van der Waals surface area contributed by atoms with Crippen LogP contribution in [-0.4, -0.2) is 9.97 Å². The van der Waals surface area contributed by atoms with Crippen molar-refractivity contribution in [3.05, 3.63) is 84.1 Å². The molecule has 1 heterocycles. The Morgan fingerprint density at radius 1 is 0.773 bits per heavy atom. The van der Waals surface area contributed by atoms with Gasteiger partial charge >= 0.3 is 6.01 Å². The molecular weight excluding hydrogens is 276 g/mol. The van der Waals surface area contributed by atoms with E-state index in [0.29, 0.717) is 19.1 Å². The topological polar surface area (TPSA) is 44.2 Å². The number of rotatable bonds is 6. The molecule has 0 atom stereocenters. The highest BCUT2D eigenvalue weighted by Crippen LogP contribution is 2.13. The van der Waals surface area contributed by atoms with E-state index in [1.54, 1.807) is 0 Å². The average Bonchev–Trinajstić information content (AvgIpc) is 2.60. The van der Waals surface area contributed by atoms with E-state index < -0.39 is 0 Å². The number of nitrogens with zero attached hydrogens (tertiary/aromatic N) is 2. The van der Waals surface area contributed by atoms with E-state index in [9.17, 15) is 0 Å². The third-order valence-electron chi connectivity index (χ3n) is 2.99. The monoisotopic (exact) mass is 291 g/mol. The maximum Gasteiger partial charge on any atom is 0.320 e. The molecule has 0 N–H and O–H groups in total. The summed E-state index contributed by atoms with van der Waals surface area (Å²) >= 11 is 0. The van der Waals surface area contributed by atoms with Crippen LogP contribution in [0.4, 0.5) is 0 Å². The lowest BCUT2D eigenvalue weighted by atomic mass is 10.2. The minimum absolute atomic E-state index is 0.283. The molecule has 1 aromatic heterocycles. The van der Waals surface area contributed by atoms with Crippen LogP contribution in [0.1, 0.15) is 11.1 Å². The normalized spacial score (nSPS) is 10.2. The molecule has 0 aliphatic heterocycles. The summed E-state index contributed by atoms with van der Waals surface area (Å²) in [7, 11) is 0.